The molecule has 33 heavy (non-hydrogen) atoms. The van der Waals surface area contributed by atoms with Gasteiger partial charge in [0.25, 0.3) is 5.91 Å². The number of rotatable bonds is 6. The van der Waals surface area contributed by atoms with Crippen molar-refractivity contribution in [2.75, 3.05) is 16.8 Å². The molecule has 2 amide bonds. The molecule has 0 atom stereocenters. The van der Waals surface area contributed by atoms with Crippen molar-refractivity contribution in [3.8, 4) is 11.3 Å². The van der Waals surface area contributed by atoms with Gasteiger partial charge in [-0.15, -0.1) is 11.3 Å². The van der Waals surface area contributed by atoms with Gasteiger partial charge in [-0.25, -0.2) is 17.8 Å². The van der Waals surface area contributed by atoms with E-state index in [4.69, 9.17) is 0 Å². The molecule has 4 rings (SSSR count). The fourth-order valence-electron chi connectivity index (χ4n) is 3.02. The number of amides is 2. The fourth-order valence-corrected chi connectivity index (χ4v) is 5.83. The summed E-state index contributed by atoms with van der Waals surface area (Å²) in [5.41, 5.74) is 2.18. The van der Waals surface area contributed by atoms with Crippen molar-refractivity contribution >= 4 is 59.7 Å². The summed E-state index contributed by atoms with van der Waals surface area (Å²) in [7, 11) is -2.42. The highest BCUT2D eigenvalue weighted by molar-refractivity contribution is 7.92. The van der Waals surface area contributed by atoms with E-state index in [0.29, 0.717) is 15.9 Å². The van der Waals surface area contributed by atoms with Crippen molar-refractivity contribution in [1.82, 2.24) is 9.55 Å². The van der Waals surface area contributed by atoms with Crippen LogP contribution in [-0.2, 0) is 26.5 Å². The molecule has 2 heterocycles. The number of aryl methyl sites for hydroxylation is 1. The van der Waals surface area contributed by atoms with Gasteiger partial charge in [0, 0.05) is 18.0 Å². The van der Waals surface area contributed by atoms with E-state index in [0.717, 1.165) is 16.9 Å². The van der Waals surface area contributed by atoms with E-state index in [1.165, 1.54) is 23.5 Å². The minimum Gasteiger partial charge on any atom is -0.319 e. The zero-order valence-electron chi connectivity index (χ0n) is 17.2. The van der Waals surface area contributed by atoms with Crippen LogP contribution >= 0.6 is 22.7 Å². The molecule has 0 aliphatic carbocycles. The van der Waals surface area contributed by atoms with Crippen LogP contribution in [0.25, 0.3) is 21.5 Å². The number of nitrogens with one attached hydrogen (secondary N) is 1. The zero-order valence-corrected chi connectivity index (χ0v) is 19.6. The molecule has 0 spiro atoms. The summed E-state index contributed by atoms with van der Waals surface area (Å²) in [5.74, 6) is -3.92. The predicted molar refractivity (Wildman–Crippen MR) is 126 cm³/mol. The van der Waals surface area contributed by atoms with Gasteiger partial charge in [-0.05, 0) is 18.2 Å². The van der Waals surface area contributed by atoms with Crippen molar-refractivity contribution in [3.05, 3.63) is 64.5 Å². The van der Waals surface area contributed by atoms with Crippen molar-refractivity contribution in [1.29, 1.82) is 0 Å². The number of anilines is 1. The zero-order chi connectivity index (χ0) is 23.6. The second-order valence-electron chi connectivity index (χ2n) is 7.05. The van der Waals surface area contributed by atoms with E-state index in [1.54, 1.807) is 23.1 Å². The molecule has 170 valence electrons. The van der Waals surface area contributed by atoms with E-state index in [-0.39, 0.29) is 9.93 Å². The molecule has 0 bridgehead atoms. The normalized spacial score (nSPS) is 12.2. The smallest absolute Gasteiger partial charge is 0.263 e. The third-order valence-electron chi connectivity index (χ3n) is 4.51. The molecule has 0 aliphatic heterocycles. The van der Waals surface area contributed by atoms with Gasteiger partial charge in [0.05, 0.1) is 15.9 Å². The molecule has 1 N–H and O–H groups in total. The first-order valence-corrected chi connectivity index (χ1v) is 13.1. The topological polar surface area (TPSA) is 110 Å². The Balaban J connectivity index is 1.41. The molecular weight excluding hydrogens is 487 g/mol. The number of sulfone groups is 1. The molecule has 0 aliphatic rings. The molecule has 4 aromatic rings. The van der Waals surface area contributed by atoms with Crippen LogP contribution < -0.4 is 10.1 Å². The summed E-state index contributed by atoms with van der Waals surface area (Å²) in [5, 5.41) is 4.46. The lowest BCUT2D eigenvalue weighted by Gasteiger charge is -2.02. The number of aromatic nitrogens is 2. The summed E-state index contributed by atoms with van der Waals surface area (Å²) in [6, 6.07) is 13.5. The number of halogens is 1. The van der Waals surface area contributed by atoms with E-state index >= 15 is 0 Å². The van der Waals surface area contributed by atoms with Crippen LogP contribution in [0.5, 0.6) is 0 Å². The summed E-state index contributed by atoms with van der Waals surface area (Å²) in [6.45, 7) is 0. The summed E-state index contributed by atoms with van der Waals surface area (Å²) in [6.07, 6.45) is 0. The Morgan fingerprint density at radius 1 is 1.15 bits per heavy atom. The summed E-state index contributed by atoms with van der Waals surface area (Å²) in [4.78, 5) is 32.8. The SMILES string of the molecule is Cn1c(=NC(=O)CS(=O)(=O)CC(=O)Nc2nc(-c3ccccc3)cs2)sc2cc(F)ccc21. The van der Waals surface area contributed by atoms with Crippen LogP contribution in [-0.4, -0.2) is 41.3 Å². The molecule has 0 unspecified atom stereocenters. The fraction of sp³-hybridized carbons (Fsp3) is 0.143. The van der Waals surface area contributed by atoms with Gasteiger partial charge in [-0.1, -0.05) is 41.7 Å². The minimum absolute atomic E-state index is 0.233. The Labute approximate surface area is 196 Å². The highest BCUT2D eigenvalue weighted by atomic mass is 32.2. The number of carbonyl (C=O) groups excluding carboxylic acids is 2. The van der Waals surface area contributed by atoms with Gasteiger partial charge in [-0.2, -0.15) is 4.99 Å². The van der Waals surface area contributed by atoms with Gasteiger partial charge >= 0.3 is 0 Å². The Kier molecular flexibility index (Phi) is 6.49. The molecule has 0 saturated heterocycles. The van der Waals surface area contributed by atoms with Crippen LogP contribution in [0.15, 0.2) is 58.9 Å². The largest absolute Gasteiger partial charge is 0.319 e. The third kappa shape index (κ3) is 5.59. The van der Waals surface area contributed by atoms with Gasteiger partial charge < -0.3 is 9.88 Å². The molecule has 0 fully saturated rings. The standard InChI is InChI=1S/C21H17FN4O4S3/c1-26-16-8-7-14(22)9-17(16)32-21(26)25-19(28)12-33(29,30)11-18(27)24-20-23-15(10-31-20)13-5-3-2-4-6-13/h2-10H,11-12H2,1H3,(H,23,24,27). The van der Waals surface area contributed by atoms with Crippen LogP contribution in [0, 0.1) is 5.82 Å². The van der Waals surface area contributed by atoms with Crippen molar-refractivity contribution in [2.24, 2.45) is 12.0 Å². The molecule has 0 radical (unpaired) electrons. The minimum atomic E-state index is -4.06. The number of thiazole rings is 2. The summed E-state index contributed by atoms with van der Waals surface area (Å²) >= 11 is 2.23. The van der Waals surface area contributed by atoms with Gasteiger partial charge in [0.2, 0.25) is 5.91 Å². The van der Waals surface area contributed by atoms with E-state index in [2.05, 4.69) is 15.3 Å². The maximum atomic E-state index is 13.4. The average Bonchev–Trinajstić information content (AvgIpc) is 3.32. The lowest BCUT2D eigenvalue weighted by Crippen LogP contribution is -2.28. The highest BCUT2D eigenvalue weighted by Crippen LogP contribution is 2.24. The summed E-state index contributed by atoms with van der Waals surface area (Å²) < 4.78 is 40.3. The first-order chi connectivity index (χ1) is 15.7. The predicted octanol–water partition coefficient (Wildman–Crippen LogP) is 2.98. The quantitative estimate of drug-likeness (QED) is 0.434. The number of nitrogens with zero attached hydrogens (tertiary/aromatic N) is 3. The second-order valence-corrected chi connectivity index (χ2v) is 11.0. The van der Waals surface area contributed by atoms with Crippen LogP contribution in [0.2, 0.25) is 0 Å². The molecule has 8 nitrogen and oxygen atoms in total. The molecule has 2 aromatic heterocycles. The Bertz CT molecular complexity index is 1520. The van der Waals surface area contributed by atoms with E-state index in [9.17, 15) is 22.4 Å². The maximum absolute atomic E-state index is 13.4. The first kappa shape index (κ1) is 23.0. The lowest BCUT2D eigenvalue weighted by molar-refractivity contribution is -0.115. The number of benzene rings is 2. The van der Waals surface area contributed by atoms with Crippen LogP contribution in [0.4, 0.5) is 9.52 Å². The number of fused-ring (bicyclic) bond motifs is 1. The average molecular weight is 505 g/mol. The van der Waals surface area contributed by atoms with Crippen molar-refractivity contribution in [3.63, 3.8) is 0 Å². The van der Waals surface area contributed by atoms with Crippen molar-refractivity contribution < 1.29 is 22.4 Å². The second kappa shape index (κ2) is 9.33. The van der Waals surface area contributed by atoms with Gasteiger partial charge in [0.15, 0.2) is 19.8 Å². The molecule has 0 saturated carbocycles. The van der Waals surface area contributed by atoms with Gasteiger partial charge in [0.1, 0.15) is 17.3 Å². The lowest BCUT2D eigenvalue weighted by atomic mass is 10.2. The number of hydrogen-bond acceptors (Lipinski definition) is 7. The Morgan fingerprint density at radius 2 is 1.91 bits per heavy atom. The molecule has 2 aromatic carbocycles. The Hall–Kier alpha value is -3.22. The molecular formula is C21H17FN4O4S3. The molecule has 12 heteroatoms. The monoisotopic (exact) mass is 504 g/mol. The number of hydrogen-bond donors (Lipinski definition) is 1. The van der Waals surface area contributed by atoms with Gasteiger partial charge in [-0.3, -0.25) is 9.59 Å². The third-order valence-corrected chi connectivity index (χ3v) is 7.75. The van der Waals surface area contributed by atoms with E-state index < -0.39 is 39.0 Å². The van der Waals surface area contributed by atoms with Crippen LogP contribution in [0.1, 0.15) is 0 Å². The van der Waals surface area contributed by atoms with E-state index in [1.807, 2.05) is 30.3 Å². The van der Waals surface area contributed by atoms with Crippen LogP contribution in [0.3, 0.4) is 0 Å². The Morgan fingerprint density at radius 3 is 2.67 bits per heavy atom. The highest BCUT2D eigenvalue weighted by Gasteiger charge is 2.22. The number of carbonyl (C=O) groups is 2. The van der Waals surface area contributed by atoms with Crippen molar-refractivity contribution in [2.45, 2.75) is 0 Å². The first-order valence-electron chi connectivity index (χ1n) is 9.54. The maximum Gasteiger partial charge on any atom is 0.263 e.